The molecule has 7 nitrogen and oxygen atoms in total. The highest BCUT2D eigenvalue weighted by atomic mass is 19.1. The van der Waals surface area contributed by atoms with Crippen LogP contribution in [0.3, 0.4) is 0 Å². The average molecular weight is 386 g/mol. The number of nitriles is 1. The first-order valence-corrected chi connectivity index (χ1v) is 9.11. The number of ether oxygens (including phenoxy) is 1. The van der Waals surface area contributed by atoms with E-state index in [0.29, 0.717) is 35.7 Å². The molecule has 4 heterocycles. The van der Waals surface area contributed by atoms with Crippen LogP contribution in [0.2, 0.25) is 0 Å². The lowest BCUT2D eigenvalue weighted by Gasteiger charge is -2.15. The lowest BCUT2D eigenvalue weighted by molar-refractivity contribution is 0.386. The van der Waals surface area contributed by atoms with Crippen LogP contribution < -0.4 is 4.81 Å². The second-order valence-electron chi connectivity index (χ2n) is 7.27. The third-order valence-electron chi connectivity index (χ3n) is 5.13. The van der Waals surface area contributed by atoms with E-state index in [2.05, 4.69) is 4.98 Å². The van der Waals surface area contributed by atoms with Crippen LogP contribution in [-0.2, 0) is 18.3 Å². The molecule has 0 spiro atoms. The van der Waals surface area contributed by atoms with Gasteiger partial charge in [0, 0.05) is 18.0 Å². The summed E-state index contributed by atoms with van der Waals surface area (Å²) in [4.78, 5) is 10.7. The summed E-state index contributed by atoms with van der Waals surface area (Å²) in [7, 11) is 9.64. The number of hydrogen-bond donors (Lipinski definition) is 0. The maximum atomic E-state index is 14.2. The van der Waals surface area contributed by atoms with Gasteiger partial charge >= 0.3 is 0 Å². The molecule has 1 unspecified atom stereocenters. The molecule has 4 aromatic rings. The van der Waals surface area contributed by atoms with E-state index in [4.69, 9.17) is 17.7 Å². The van der Waals surface area contributed by atoms with E-state index in [1.54, 1.807) is 19.4 Å². The van der Waals surface area contributed by atoms with Gasteiger partial charge in [0.1, 0.15) is 22.8 Å². The Balaban J connectivity index is 1.87. The van der Waals surface area contributed by atoms with Crippen molar-refractivity contribution in [1.29, 1.82) is 5.26 Å². The van der Waals surface area contributed by atoms with E-state index in [1.165, 1.54) is 16.9 Å². The molecule has 9 heteroatoms. The second-order valence-corrected chi connectivity index (χ2v) is 7.27. The molecule has 1 aliphatic rings. The third kappa shape index (κ3) is 2.84. The summed E-state index contributed by atoms with van der Waals surface area (Å²) in [5.41, 5.74) is 3.92. The zero-order valence-electron chi connectivity index (χ0n) is 15.9. The van der Waals surface area contributed by atoms with Gasteiger partial charge in [-0.2, -0.15) is 5.26 Å². The molecule has 142 valence electrons. The molecular formula is C20H16BFN6O. The maximum absolute atomic E-state index is 14.2. The van der Waals surface area contributed by atoms with Gasteiger partial charge in [-0.25, -0.2) is 14.4 Å². The van der Waals surface area contributed by atoms with Gasteiger partial charge in [-0.05, 0) is 31.3 Å². The van der Waals surface area contributed by atoms with Crippen LogP contribution in [0.1, 0.15) is 5.56 Å². The number of hydrogen-bond acceptors (Lipinski definition) is 5. The number of imidazole rings is 1. The minimum Gasteiger partial charge on any atom is -0.411 e. The number of nitrogens with zero attached hydrogens (tertiary/aromatic N) is 6. The van der Waals surface area contributed by atoms with Gasteiger partial charge in [0.15, 0.2) is 0 Å². The summed E-state index contributed by atoms with van der Waals surface area (Å²) in [6.07, 6.45) is 1.80. The van der Waals surface area contributed by atoms with E-state index < -0.39 is 5.82 Å². The first kappa shape index (κ1) is 17.7. The number of rotatable bonds is 4. The Bertz CT molecular complexity index is 1310. The normalized spacial score (nSPS) is 15.7. The highest BCUT2D eigenvalue weighted by Gasteiger charge is 2.27. The molecule has 0 aliphatic carbocycles. The summed E-state index contributed by atoms with van der Waals surface area (Å²) >= 11 is 0. The SMILES string of the molecule is [B]N(C)c1nc2c(cc(-c3cc(F)cc(C#N)c3)n2CC2CO2)c2c1ncn2C. The highest BCUT2D eigenvalue weighted by molar-refractivity contribution is 6.20. The number of epoxide rings is 1. The molecule has 1 aliphatic heterocycles. The highest BCUT2D eigenvalue weighted by Crippen LogP contribution is 2.36. The molecule has 1 saturated heterocycles. The predicted molar refractivity (Wildman–Crippen MR) is 108 cm³/mol. The molecule has 1 aromatic carbocycles. The molecular weight excluding hydrogens is 370 g/mol. The number of fused-ring (bicyclic) bond motifs is 3. The van der Waals surface area contributed by atoms with Gasteiger partial charge in [-0.3, -0.25) is 0 Å². The summed E-state index contributed by atoms with van der Waals surface area (Å²) < 4.78 is 23.5. The number of pyridine rings is 1. The Morgan fingerprint density at radius 3 is 2.86 bits per heavy atom. The fourth-order valence-corrected chi connectivity index (χ4v) is 3.75. The van der Waals surface area contributed by atoms with Crippen LogP contribution in [0.5, 0.6) is 0 Å². The molecule has 5 rings (SSSR count). The Morgan fingerprint density at radius 1 is 1.38 bits per heavy atom. The molecule has 0 N–H and O–H groups in total. The minimum absolute atomic E-state index is 0.0800. The zero-order chi connectivity index (χ0) is 20.3. The number of aromatic nitrogens is 4. The molecule has 29 heavy (non-hydrogen) atoms. The van der Waals surface area contributed by atoms with Crippen molar-refractivity contribution in [3.8, 4) is 17.3 Å². The average Bonchev–Trinajstić information content (AvgIpc) is 3.32. The van der Waals surface area contributed by atoms with E-state index in [1.807, 2.05) is 28.3 Å². The van der Waals surface area contributed by atoms with Crippen molar-refractivity contribution in [1.82, 2.24) is 19.1 Å². The van der Waals surface area contributed by atoms with Crippen molar-refractivity contribution in [2.75, 3.05) is 18.5 Å². The van der Waals surface area contributed by atoms with Crippen LogP contribution in [0, 0.1) is 17.1 Å². The standard InChI is InChI=1S/C20H16BFN6O/c1-26-10-24-17-18(26)15-6-16(12-3-11(7-23)4-13(22)5-12)28(8-14-9-29-14)19(15)25-20(17)27(2)21/h3-6,10,14H,8-9H2,1-2H3. The number of aryl methyl sites for hydroxylation is 1. The lowest BCUT2D eigenvalue weighted by atomic mass is 10.1. The van der Waals surface area contributed by atoms with Gasteiger partial charge in [0.05, 0.1) is 48.4 Å². The Hall–Kier alpha value is -3.38. The van der Waals surface area contributed by atoms with E-state index >= 15 is 0 Å². The first-order valence-electron chi connectivity index (χ1n) is 9.11. The quantitative estimate of drug-likeness (QED) is 0.398. The van der Waals surface area contributed by atoms with E-state index in [0.717, 1.165) is 16.6 Å². The van der Waals surface area contributed by atoms with Crippen molar-refractivity contribution in [3.63, 3.8) is 0 Å². The molecule has 0 saturated carbocycles. The summed E-state index contributed by atoms with van der Waals surface area (Å²) in [6.45, 7) is 1.24. The van der Waals surface area contributed by atoms with E-state index in [9.17, 15) is 9.65 Å². The van der Waals surface area contributed by atoms with E-state index in [-0.39, 0.29) is 11.7 Å². The second kappa shape index (κ2) is 6.32. The molecule has 0 amide bonds. The number of anilines is 1. The van der Waals surface area contributed by atoms with Gasteiger partial charge in [-0.1, -0.05) is 0 Å². The Morgan fingerprint density at radius 2 is 2.17 bits per heavy atom. The zero-order valence-corrected chi connectivity index (χ0v) is 15.9. The number of benzene rings is 1. The van der Waals surface area contributed by atoms with Gasteiger partial charge in [0.2, 0.25) is 7.98 Å². The van der Waals surface area contributed by atoms with Gasteiger partial charge < -0.3 is 18.7 Å². The largest absolute Gasteiger partial charge is 0.411 e. The fourth-order valence-electron chi connectivity index (χ4n) is 3.75. The summed E-state index contributed by atoms with van der Waals surface area (Å²) in [6, 6.07) is 8.31. The van der Waals surface area contributed by atoms with Gasteiger partial charge in [0.25, 0.3) is 0 Å². The van der Waals surface area contributed by atoms with Crippen molar-refractivity contribution in [2.24, 2.45) is 7.05 Å². The predicted octanol–water partition coefficient (Wildman–Crippen LogP) is 2.52. The Labute approximate surface area is 167 Å². The van der Waals surface area contributed by atoms with Crippen molar-refractivity contribution in [3.05, 3.63) is 42.0 Å². The lowest BCUT2D eigenvalue weighted by Crippen LogP contribution is -2.15. The molecule has 1 atom stereocenters. The summed E-state index contributed by atoms with van der Waals surface area (Å²) in [5.74, 6) is 0.0900. The topological polar surface area (TPSA) is 75.2 Å². The smallest absolute Gasteiger partial charge is 0.228 e. The molecule has 0 bridgehead atoms. The van der Waals surface area contributed by atoms with Crippen molar-refractivity contribution in [2.45, 2.75) is 12.6 Å². The van der Waals surface area contributed by atoms with Crippen LogP contribution >= 0.6 is 0 Å². The molecule has 3 aromatic heterocycles. The number of halogens is 1. The molecule has 2 radical (unpaired) electrons. The van der Waals surface area contributed by atoms with Gasteiger partial charge in [-0.15, -0.1) is 0 Å². The van der Waals surface area contributed by atoms with Crippen molar-refractivity contribution < 1.29 is 9.13 Å². The monoisotopic (exact) mass is 386 g/mol. The van der Waals surface area contributed by atoms with Crippen LogP contribution in [-0.4, -0.2) is 46.8 Å². The van der Waals surface area contributed by atoms with Crippen LogP contribution in [0.4, 0.5) is 10.2 Å². The minimum atomic E-state index is -0.459. The first-order chi connectivity index (χ1) is 14.0. The van der Waals surface area contributed by atoms with Crippen LogP contribution in [0.15, 0.2) is 30.6 Å². The van der Waals surface area contributed by atoms with Crippen LogP contribution in [0.25, 0.3) is 33.3 Å². The van der Waals surface area contributed by atoms with Crippen molar-refractivity contribution >= 4 is 35.9 Å². The Kier molecular flexibility index (Phi) is 3.86. The fraction of sp³-hybridized carbons (Fsp3) is 0.250. The molecule has 1 fully saturated rings. The summed E-state index contributed by atoms with van der Waals surface area (Å²) in [5, 5.41) is 10.1. The maximum Gasteiger partial charge on any atom is 0.228 e. The third-order valence-corrected chi connectivity index (χ3v) is 5.13.